The molecule has 5 nitrogen and oxygen atoms in total. The molecule has 0 fully saturated rings. The van der Waals surface area contributed by atoms with Gasteiger partial charge in [-0.15, -0.1) is 22.7 Å². The third-order valence-corrected chi connectivity index (χ3v) is 8.47. The van der Waals surface area contributed by atoms with Crippen molar-refractivity contribution in [2.75, 3.05) is 20.8 Å². The lowest BCUT2D eigenvalue weighted by Crippen LogP contribution is -2.02. The molecular formula is C30H34O5S2. The Morgan fingerprint density at radius 2 is 1.43 bits per heavy atom. The monoisotopic (exact) mass is 538 g/mol. The highest BCUT2D eigenvalue weighted by Gasteiger charge is 2.16. The maximum Gasteiger partial charge on any atom is 0.173 e. The van der Waals surface area contributed by atoms with Crippen molar-refractivity contribution in [1.82, 2.24) is 0 Å². The van der Waals surface area contributed by atoms with Gasteiger partial charge in [-0.2, -0.15) is 0 Å². The average Bonchev–Trinajstić information content (AvgIpc) is 3.48. The van der Waals surface area contributed by atoms with Gasteiger partial charge in [0, 0.05) is 28.3 Å². The van der Waals surface area contributed by atoms with Gasteiger partial charge in [-0.25, -0.2) is 0 Å². The molecule has 37 heavy (non-hydrogen) atoms. The molecule has 0 aliphatic rings. The molecule has 7 heteroatoms. The van der Waals surface area contributed by atoms with E-state index in [4.69, 9.17) is 14.2 Å². The molecule has 2 aromatic heterocycles. The fourth-order valence-electron chi connectivity index (χ4n) is 4.36. The van der Waals surface area contributed by atoms with Gasteiger partial charge < -0.3 is 14.2 Å². The zero-order valence-electron chi connectivity index (χ0n) is 22.1. The number of ketones is 2. The van der Waals surface area contributed by atoms with Crippen molar-refractivity contribution < 1.29 is 23.8 Å². The summed E-state index contributed by atoms with van der Waals surface area (Å²) in [6.45, 7) is 6.64. The van der Waals surface area contributed by atoms with E-state index in [1.807, 2.05) is 37.3 Å². The van der Waals surface area contributed by atoms with Gasteiger partial charge in [-0.1, -0.05) is 20.8 Å². The summed E-state index contributed by atoms with van der Waals surface area (Å²) in [5.41, 5.74) is 1.10. The van der Waals surface area contributed by atoms with Gasteiger partial charge in [0.2, 0.25) is 0 Å². The summed E-state index contributed by atoms with van der Waals surface area (Å²) in [4.78, 5) is 26.5. The predicted octanol–water partition coefficient (Wildman–Crippen LogP) is 8.36. The fraction of sp³-hybridized carbons (Fsp3) is 0.400. The number of thiophene rings is 2. The van der Waals surface area contributed by atoms with Crippen LogP contribution in [0.25, 0.3) is 20.2 Å². The number of carbonyl (C=O) groups excluding carboxylic acids is 2. The number of Topliss-reactive ketones (excluding diaryl/α,β-unsaturated/α-hetero) is 2. The van der Waals surface area contributed by atoms with Crippen LogP contribution in [0.1, 0.15) is 71.4 Å². The predicted molar refractivity (Wildman–Crippen MR) is 154 cm³/mol. The van der Waals surface area contributed by atoms with Gasteiger partial charge >= 0.3 is 0 Å². The normalized spacial score (nSPS) is 11.4. The Kier molecular flexibility index (Phi) is 8.87. The summed E-state index contributed by atoms with van der Waals surface area (Å²) in [7, 11) is 3.31. The van der Waals surface area contributed by atoms with Crippen molar-refractivity contribution in [3.05, 3.63) is 51.7 Å². The maximum atomic E-state index is 12.5. The first kappa shape index (κ1) is 27.1. The van der Waals surface area contributed by atoms with Crippen LogP contribution >= 0.6 is 22.7 Å². The van der Waals surface area contributed by atoms with Crippen molar-refractivity contribution in [3.63, 3.8) is 0 Å². The molecule has 196 valence electrons. The van der Waals surface area contributed by atoms with Gasteiger partial charge in [0.15, 0.2) is 23.1 Å². The van der Waals surface area contributed by atoms with E-state index in [-0.39, 0.29) is 11.6 Å². The number of ether oxygens (including phenoxy) is 3. The Hall–Kier alpha value is -2.90. The Bertz CT molecular complexity index is 1410. The topological polar surface area (TPSA) is 61.8 Å². The largest absolute Gasteiger partial charge is 0.496 e. The van der Waals surface area contributed by atoms with Gasteiger partial charge in [-0.05, 0) is 71.8 Å². The van der Waals surface area contributed by atoms with Gasteiger partial charge in [0.25, 0.3) is 0 Å². The van der Waals surface area contributed by atoms with E-state index < -0.39 is 0 Å². The van der Waals surface area contributed by atoms with Crippen LogP contribution in [0.15, 0.2) is 36.4 Å². The van der Waals surface area contributed by atoms with E-state index >= 15 is 0 Å². The molecule has 0 aliphatic carbocycles. The molecule has 0 bridgehead atoms. The van der Waals surface area contributed by atoms with Crippen LogP contribution in [-0.2, 0) is 6.42 Å². The number of carbonyl (C=O) groups is 2. The van der Waals surface area contributed by atoms with Crippen LogP contribution in [0.5, 0.6) is 17.2 Å². The van der Waals surface area contributed by atoms with E-state index in [1.54, 1.807) is 14.2 Å². The van der Waals surface area contributed by atoms with Crippen LogP contribution in [-0.4, -0.2) is 32.4 Å². The van der Waals surface area contributed by atoms with Gasteiger partial charge in [0.1, 0.15) is 5.75 Å². The highest BCUT2D eigenvalue weighted by Crippen LogP contribution is 2.38. The third kappa shape index (κ3) is 6.33. The molecule has 0 radical (unpaired) electrons. The van der Waals surface area contributed by atoms with Crippen molar-refractivity contribution in [2.45, 2.75) is 52.9 Å². The minimum Gasteiger partial charge on any atom is -0.496 e. The van der Waals surface area contributed by atoms with E-state index in [2.05, 4.69) is 19.9 Å². The smallest absolute Gasteiger partial charge is 0.173 e. The highest BCUT2D eigenvalue weighted by molar-refractivity contribution is 7.21. The van der Waals surface area contributed by atoms with Crippen molar-refractivity contribution in [1.29, 1.82) is 0 Å². The molecule has 0 amide bonds. The maximum absolute atomic E-state index is 12.5. The number of hydrogen-bond donors (Lipinski definition) is 0. The second-order valence-corrected chi connectivity index (χ2v) is 11.8. The van der Waals surface area contributed by atoms with Gasteiger partial charge in [0.05, 0.1) is 30.6 Å². The number of aryl methyl sites for hydroxylation is 1. The summed E-state index contributed by atoms with van der Waals surface area (Å²) in [6, 6.07) is 12.0. The Morgan fingerprint density at radius 1 is 0.811 bits per heavy atom. The first-order chi connectivity index (χ1) is 17.8. The summed E-state index contributed by atoms with van der Waals surface area (Å²) in [6.07, 6.45) is 3.54. The molecule has 4 rings (SSSR count). The third-order valence-electron chi connectivity index (χ3n) is 6.19. The molecule has 0 atom stereocenters. The van der Waals surface area contributed by atoms with E-state index in [9.17, 15) is 9.59 Å². The number of methoxy groups -OCH3 is 2. The van der Waals surface area contributed by atoms with E-state index in [0.29, 0.717) is 36.9 Å². The summed E-state index contributed by atoms with van der Waals surface area (Å²) in [5, 5.41) is 2.07. The molecule has 2 aromatic carbocycles. The lowest BCUT2D eigenvalue weighted by Gasteiger charge is -2.12. The van der Waals surface area contributed by atoms with Crippen LogP contribution in [0.4, 0.5) is 0 Å². The zero-order chi connectivity index (χ0) is 26.5. The first-order valence-electron chi connectivity index (χ1n) is 12.7. The molecule has 4 aromatic rings. The zero-order valence-corrected chi connectivity index (χ0v) is 23.8. The molecule has 2 heterocycles. The van der Waals surface area contributed by atoms with E-state index in [1.165, 1.54) is 22.7 Å². The lowest BCUT2D eigenvalue weighted by molar-refractivity contribution is 0.0968. The SMILES string of the molecule is CCCC(=O)c1cc2cc(CCCOc3cc4cc(C(=O)CC(C)C)sc4cc3OC)c(OC)cc2s1. The minimum atomic E-state index is 0.177. The second kappa shape index (κ2) is 12.1. The van der Waals surface area contributed by atoms with Crippen LogP contribution in [0, 0.1) is 5.92 Å². The molecular weight excluding hydrogens is 504 g/mol. The summed E-state index contributed by atoms with van der Waals surface area (Å²) >= 11 is 3.03. The second-order valence-electron chi connectivity index (χ2n) is 9.61. The molecule has 0 saturated carbocycles. The first-order valence-corrected chi connectivity index (χ1v) is 14.4. The minimum absolute atomic E-state index is 0.177. The Balaban J connectivity index is 1.45. The van der Waals surface area contributed by atoms with Gasteiger partial charge in [-0.3, -0.25) is 9.59 Å². The molecule has 0 spiro atoms. The van der Waals surface area contributed by atoms with Crippen molar-refractivity contribution in [2.24, 2.45) is 5.92 Å². The molecule has 0 N–H and O–H groups in total. The standard InChI is InChI=1S/C30H34O5S2/c1-6-8-22(31)29-14-20-12-19(24(33-4)16-27(20)36-29)9-7-10-35-26-13-21-15-30(23(32)11-18(2)3)37-28(21)17-25(26)34-5/h12-18H,6-11H2,1-5H3. The molecule has 0 unspecified atom stereocenters. The van der Waals surface area contributed by atoms with Crippen molar-refractivity contribution in [3.8, 4) is 17.2 Å². The van der Waals surface area contributed by atoms with Crippen molar-refractivity contribution >= 4 is 54.4 Å². The fourth-order valence-corrected chi connectivity index (χ4v) is 6.42. The number of hydrogen-bond acceptors (Lipinski definition) is 7. The average molecular weight is 539 g/mol. The number of benzene rings is 2. The summed E-state index contributed by atoms with van der Waals surface area (Å²) < 4.78 is 19.4. The number of fused-ring (bicyclic) bond motifs is 2. The van der Waals surface area contributed by atoms with Crippen LogP contribution in [0.3, 0.4) is 0 Å². The number of rotatable bonds is 13. The quantitative estimate of drug-likeness (QED) is 0.126. The molecule has 0 aliphatic heterocycles. The van der Waals surface area contributed by atoms with Crippen LogP contribution < -0.4 is 14.2 Å². The Labute approximate surface area is 226 Å². The highest BCUT2D eigenvalue weighted by atomic mass is 32.1. The summed E-state index contributed by atoms with van der Waals surface area (Å²) in [5.74, 6) is 2.88. The Morgan fingerprint density at radius 3 is 2.05 bits per heavy atom. The van der Waals surface area contributed by atoms with E-state index in [0.717, 1.165) is 60.5 Å². The van der Waals surface area contributed by atoms with Crippen LogP contribution in [0.2, 0.25) is 0 Å². The molecule has 0 saturated heterocycles. The lowest BCUT2D eigenvalue weighted by atomic mass is 10.1.